The summed E-state index contributed by atoms with van der Waals surface area (Å²) in [4.78, 5) is 18.6. The van der Waals surface area contributed by atoms with Crippen LogP contribution >= 0.6 is 0 Å². The van der Waals surface area contributed by atoms with Gasteiger partial charge in [-0.15, -0.1) is 0 Å². The molecule has 1 saturated heterocycles. The number of rotatable bonds is 3. The molecule has 4 rings (SSSR count). The average Bonchev–Trinajstić information content (AvgIpc) is 3.32. The molecule has 0 aliphatic carbocycles. The molecular formula is C20H17F2N3O2. The summed E-state index contributed by atoms with van der Waals surface area (Å²) >= 11 is 0. The summed E-state index contributed by atoms with van der Waals surface area (Å²) in [5.41, 5.74) is 1.59. The maximum Gasteiger partial charge on any atom is 0.257 e. The minimum Gasteiger partial charge on any atom is -0.337 e. The third kappa shape index (κ3) is 3.32. The van der Waals surface area contributed by atoms with Crippen molar-refractivity contribution in [1.29, 1.82) is 0 Å². The Morgan fingerprint density at radius 1 is 1.22 bits per heavy atom. The fraction of sp³-hybridized carbons (Fsp3) is 0.250. The van der Waals surface area contributed by atoms with Gasteiger partial charge < -0.3 is 9.42 Å². The molecule has 1 aromatic heterocycles. The number of benzene rings is 2. The van der Waals surface area contributed by atoms with Crippen LogP contribution in [0.25, 0.3) is 11.4 Å². The van der Waals surface area contributed by atoms with Crippen molar-refractivity contribution in [3.63, 3.8) is 0 Å². The van der Waals surface area contributed by atoms with E-state index in [-0.39, 0.29) is 5.56 Å². The molecule has 27 heavy (non-hydrogen) atoms. The summed E-state index contributed by atoms with van der Waals surface area (Å²) in [6.45, 7) is 2.39. The SMILES string of the molecule is Cc1cccc(-c2noc(C3CCCN3C(=O)c3cc(F)ccc3F)n2)c1. The highest BCUT2D eigenvalue weighted by Crippen LogP contribution is 2.33. The van der Waals surface area contributed by atoms with Gasteiger partial charge in [-0.3, -0.25) is 4.79 Å². The van der Waals surface area contributed by atoms with Gasteiger partial charge in [0.15, 0.2) is 0 Å². The van der Waals surface area contributed by atoms with Crippen LogP contribution in [0.5, 0.6) is 0 Å². The fourth-order valence-electron chi connectivity index (χ4n) is 3.35. The van der Waals surface area contributed by atoms with Crippen LogP contribution in [0.2, 0.25) is 0 Å². The second kappa shape index (κ2) is 6.90. The first kappa shape index (κ1) is 17.3. The van der Waals surface area contributed by atoms with E-state index in [1.807, 2.05) is 31.2 Å². The molecule has 3 aromatic rings. The highest BCUT2D eigenvalue weighted by Gasteiger charge is 2.35. The summed E-state index contributed by atoms with van der Waals surface area (Å²) in [6.07, 6.45) is 1.34. The smallest absolute Gasteiger partial charge is 0.257 e. The van der Waals surface area contributed by atoms with E-state index in [1.165, 1.54) is 4.90 Å². The van der Waals surface area contributed by atoms with Crippen molar-refractivity contribution in [3.05, 3.63) is 71.1 Å². The fourth-order valence-corrected chi connectivity index (χ4v) is 3.35. The number of aryl methyl sites for hydroxylation is 1. The van der Waals surface area contributed by atoms with Crippen molar-refractivity contribution in [3.8, 4) is 11.4 Å². The Labute approximate surface area is 154 Å². The zero-order valence-electron chi connectivity index (χ0n) is 14.7. The highest BCUT2D eigenvalue weighted by atomic mass is 19.1. The van der Waals surface area contributed by atoms with E-state index >= 15 is 0 Å². The number of nitrogens with zero attached hydrogens (tertiary/aromatic N) is 3. The molecule has 0 bridgehead atoms. The first-order chi connectivity index (χ1) is 13.0. The number of carbonyl (C=O) groups is 1. The molecule has 7 heteroatoms. The minimum atomic E-state index is -0.752. The van der Waals surface area contributed by atoms with Crippen molar-refractivity contribution >= 4 is 5.91 Å². The van der Waals surface area contributed by atoms with Crippen LogP contribution in [-0.2, 0) is 0 Å². The molecule has 0 spiro atoms. The van der Waals surface area contributed by atoms with Crippen molar-refractivity contribution in [2.45, 2.75) is 25.8 Å². The Kier molecular flexibility index (Phi) is 4.43. The summed E-state index contributed by atoms with van der Waals surface area (Å²) in [5, 5.41) is 4.01. The number of halogens is 2. The van der Waals surface area contributed by atoms with Gasteiger partial charge in [-0.25, -0.2) is 8.78 Å². The molecule has 1 amide bonds. The molecule has 2 heterocycles. The monoisotopic (exact) mass is 369 g/mol. The Morgan fingerprint density at radius 2 is 2.07 bits per heavy atom. The minimum absolute atomic E-state index is 0.291. The standard InChI is InChI=1S/C20H17F2N3O2/c1-12-4-2-5-13(10-12)18-23-19(27-24-18)17-6-3-9-25(17)20(26)15-11-14(21)7-8-16(15)22/h2,4-5,7-8,10-11,17H,3,6,9H2,1H3. The lowest BCUT2D eigenvalue weighted by Crippen LogP contribution is -2.31. The maximum atomic E-state index is 14.0. The van der Waals surface area contributed by atoms with Gasteiger partial charge in [0, 0.05) is 12.1 Å². The summed E-state index contributed by atoms with van der Waals surface area (Å²) in [7, 11) is 0. The van der Waals surface area contributed by atoms with E-state index < -0.39 is 23.6 Å². The normalized spacial score (nSPS) is 16.7. The van der Waals surface area contributed by atoms with E-state index in [1.54, 1.807) is 0 Å². The van der Waals surface area contributed by atoms with E-state index in [2.05, 4.69) is 10.1 Å². The van der Waals surface area contributed by atoms with Gasteiger partial charge >= 0.3 is 0 Å². The second-order valence-corrected chi connectivity index (χ2v) is 6.61. The lowest BCUT2D eigenvalue weighted by atomic mass is 10.1. The average molecular weight is 369 g/mol. The molecule has 0 N–H and O–H groups in total. The van der Waals surface area contributed by atoms with Crippen LogP contribution in [0, 0.1) is 18.6 Å². The van der Waals surface area contributed by atoms with Crippen LogP contribution in [0.3, 0.4) is 0 Å². The molecule has 138 valence electrons. The van der Waals surface area contributed by atoms with Crippen molar-refractivity contribution in [2.24, 2.45) is 0 Å². The van der Waals surface area contributed by atoms with E-state index in [0.29, 0.717) is 24.7 Å². The van der Waals surface area contributed by atoms with Crippen LogP contribution in [-0.4, -0.2) is 27.5 Å². The zero-order valence-corrected chi connectivity index (χ0v) is 14.7. The third-order valence-corrected chi connectivity index (χ3v) is 4.68. The van der Waals surface area contributed by atoms with Crippen LogP contribution < -0.4 is 0 Å². The molecule has 1 aliphatic heterocycles. The molecule has 1 fully saturated rings. The van der Waals surface area contributed by atoms with Gasteiger partial charge in [0.05, 0.1) is 5.56 Å². The number of amides is 1. The first-order valence-electron chi connectivity index (χ1n) is 8.69. The number of carbonyl (C=O) groups excluding carboxylic acids is 1. The molecule has 5 nitrogen and oxygen atoms in total. The molecule has 1 atom stereocenters. The lowest BCUT2D eigenvalue weighted by molar-refractivity contribution is 0.0704. The molecular weight excluding hydrogens is 352 g/mol. The van der Waals surface area contributed by atoms with E-state index in [9.17, 15) is 13.6 Å². The predicted molar refractivity (Wildman–Crippen MR) is 93.8 cm³/mol. The molecule has 0 saturated carbocycles. The second-order valence-electron chi connectivity index (χ2n) is 6.61. The van der Waals surface area contributed by atoms with Crippen molar-refractivity contribution in [1.82, 2.24) is 15.0 Å². The van der Waals surface area contributed by atoms with Gasteiger partial charge in [0.25, 0.3) is 5.91 Å². The van der Waals surface area contributed by atoms with Crippen molar-refractivity contribution < 1.29 is 18.1 Å². The highest BCUT2D eigenvalue weighted by molar-refractivity contribution is 5.95. The van der Waals surface area contributed by atoms with E-state index in [0.717, 1.165) is 35.7 Å². The van der Waals surface area contributed by atoms with Crippen molar-refractivity contribution in [2.75, 3.05) is 6.54 Å². The van der Waals surface area contributed by atoms with Crippen LogP contribution in [0.15, 0.2) is 47.0 Å². The lowest BCUT2D eigenvalue weighted by Gasteiger charge is -2.22. The first-order valence-corrected chi connectivity index (χ1v) is 8.69. The molecule has 1 unspecified atom stereocenters. The Balaban J connectivity index is 1.62. The predicted octanol–water partition coefficient (Wildman–Crippen LogP) is 4.30. The number of likely N-dealkylation sites (tertiary alicyclic amines) is 1. The topological polar surface area (TPSA) is 59.2 Å². The van der Waals surface area contributed by atoms with Crippen LogP contribution in [0.1, 0.15) is 40.7 Å². The summed E-state index contributed by atoms with van der Waals surface area (Å²) < 4.78 is 32.9. The Morgan fingerprint density at radius 3 is 2.89 bits per heavy atom. The summed E-state index contributed by atoms with van der Waals surface area (Å²) in [5.74, 6) is -1.25. The Hall–Kier alpha value is -3.09. The van der Waals surface area contributed by atoms with E-state index in [4.69, 9.17) is 4.52 Å². The molecule has 1 aliphatic rings. The zero-order chi connectivity index (χ0) is 19.0. The number of hydrogen-bond acceptors (Lipinski definition) is 4. The summed E-state index contributed by atoms with van der Waals surface area (Å²) in [6, 6.07) is 10.1. The molecule has 2 aromatic carbocycles. The number of aromatic nitrogens is 2. The van der Waals surface area contributed by atoms with Gasteiger partial charge in [-0.1, -0.05) is 28.9 Å². The largest absolute Gasteiger partial charge is 0.337 e. The molecule has 0 radical (unpaired) electrons. The van der Waals surface area contributed by atoms with Gasteiger partial charge in [0.2, 0.25) is 11.7 Å². The van der Waals surface area contributed by atoms with Gasteiger partial charge in [-0.2, -0.15) is 4.98 Å². The Bertz CT molecular complexity index is 1000. The van der Waals surface area contributed by atoms with Crippen LogP contribution in [0.4, 0.5) is 8.78 Å². The number of hydrogen-bond donors (Lipinski definition) is 0. The van der Waals surface area contributed by atoms with Gasteiger partial charge in [0.1, 0.15) is 17.7 Å². The maximum absolute atomic E-state index is 14.0. The quantitative estimate of drug-likeness (QED) is 0.691. The third-order valence-electron chi connectivity index (χ3n) is 4.68. The van der Waals surface area contributed by atoms with Gasteiger partial charge in [-0.05, 0) is 44.0 Å².